The number of hydrogen-bond acceptors (Lipinski definition) is 7. The fourth-order valence-corrected chi connectivity index (χ4v) is 2.90. The van der Waals surface area contributed by atoms with Crippen molar-refractivity contribution >= 4 is 62.0 Å². The van der Waals surface area contributed by atoms with Crippen molar-refractivity contribution in [2.45, 2.75) is 22.5 Å². The quantitative estimate of drug-likeness (QED) is 0.0994. The first-order valence-electron chi connectivity index (χ1n) is 7.81. The van der Waals surface area contributed by atoms with E-state index in [1.807, 2.05) is 0 Å². The number of aldehydes is 2. The topological polar surface area (TPSA) is 142 Å². The zero-order valence-corrected chi connectivity index (χ0v) is 17.8. The van der Waals surface area contributed by atoms with E-state index in [1.54, 1.807) is 0 Å². The van der Waals surface area contributed by atoms with E-state index >= 15 is 0 Å². The Kier molecular flexibility index (Phi) is 9.87. The predicted octanol–water partition coefficient (Wildman–Crippen LogP) is -3.15. The van der Waals surface area contributed by atoms with Crippen LogP contribution >= 0.6 is 0 Å². The van der Waals surface area contributed by atoms with E-state index in [9.17, 15) is 28.8 Å². The summed E-state index contributed by atoms with van der Waals surface area (Å²) in [5, 5.41) is 7.67. The van der Waals surface area contributed by atoms with E-state index in [0.717, 1.165) is 42.8 Å². The molecule has 26 heavy (non-hydrogen) atoms. The Balaban J connectivity index is 2.58. The van der Waals surface area contributed by atoms with Crippen LogP contribution in [0, 0.1) is 0 Å². The van der Waals surface area contributed by atoms with E-state index in [1.165, 1.54) is 0 Å². The summed E-state index contributed by atoms with van der Waals surface area (Å²) in [6.45, 7) is -0.155. The molecule has 0 aromatic heterocycles. The average Bonchev–Trinajstić information content (AvgIpc) is 2.95. The van der Waals surface area contributed by atoms with Crippen LogP contribution < -0.4 is 16.0 Å². The van der Waals surface area contributed by atoms with Gasteiger partial charge in [0.25, 0.3) is 0 Å². The first kappa shape index (κ1) is 22.1. The predicted molar refractivity (Wildman–Crippen MR) is 89.9 cm³/mol. The molecule has 0 aromatic rings. The molecule has 1 rings (SSSR count). The molecule has 0 saturated heterocycles. The van der Waals surface area contributed by atoms with Crippen molar-refractivity contribution in [3.63, 3.8) is 0 Å². The van der Waals surface area contributed by atoms with E-state index in [-0.39, 0.29) is 32.0 Å². The van der Waals surface area contributed by atoms with Crippen LogP contribution in [0.3, 0.4) is 0 Å². The van der Waals surface area contributed by atoms with Crippen molar-refractivity contribution in [3.8, 4) is 0 Å². The maximum atomic E-state index is 12.3. The molecule has 0 saturated carbocycles. The third kappa shape index (κ3) is 6.74. The molecule has 3 N–H and O–H groups in total. The van der Waals surface area contributed by atoms with Crippen LogP contribution in [-0.4, -0.2) is 98.6 Å². The molecule has 0 bridgehead atoms. The summed E-state index contributed by atoms with van der Waals surface area (Å²) in [4.78, 5) is 69.5. The van der Waals surface area contributed by atoms with Crippen molar-refractivity contribution in [1.82, 2.24) is 20.9 Å². The standard InChI is InChI=1S/C15H19N4O6.Pb/c1-10(9-21)18-12(22)4-5-17-15(25)11(8-16-6-7-20)19-13(23)2-3-14(19)24;/h2-3,7,9-11,16H,1,4-6,8H2,(H,17,25)(H,18,22);. The second-order valence-electron chi connectivity index (χ2n) is 5.28. The molecular formula is C15H19N4O6Pb. The van der Waals surface area contributed by atoms with Gasteiger partial charge in [-0.2, -0.15) is 0 Å². The normalized spacial score (nSPS) is 15.5. The van der Waals surface area contributed by atoms with Gasteiger partial charge in [0.05, 0.1) is 0 Å². The number of carbonyl (C=O) groups excluding carboxylic acids is 6. The number of hydrogen-bond donors (Lipinski definition) is 3. The van der Waals surface area contributed by atoms with Gasteiger partial charge in [0.15, 0.2) is 0 Å². The first-order chi connectivity index (χ1) is 12.4. The molecule has 2 atom stereocenters. The molecule has 0 aliphatic carbocycles. The third-order valence-corrected chi connectivity index (χ3v) is 5.11. The Morgan fingerprint density at radius 2 is 1.85 bits per heavy atom. The number of nitrogens with one attached hydrogen (secondary N) is 3. The molecule has 3 radical (unpaired) electrons. The Bertz CT molecular complexity index is 591. The second-order valence-corrected chi connectivity index (χ2v) is 6.86. The summed E-state index contributed by atoms with van der Waals surface area (Å²) < 4.78 is 0.595. The molecule has 1 heterocycles. The number of imide groups is 1. The summed E-state index contributed by atoms with van der Waals surface area (Å²) >= 11 is 0.765. The van der Waals surface area contributed by atoms with Gasteiger partial charge in [-0.05, 0) is 0 Å². The van der Waals surface area contributed by atoms with Gasteiger partial charge in [-0.1, -0.05) is 0 Å². The van der Waals surface area contributed by atoms with Crippen molar-refractivity contribution < 1.29 is 28.8 Å². The van der Waals surface area contributed by atoms with Gasteiger partial charge in [0, 0.05) is 0 Å². The van der Waals surface area contributed by atoms with Gasteiger partial charge in [0.2, 0.25) is 0 Å². The van der Waals surface area contributed by atoms with Crippen LogP contribution in [0.2, 0.25) is 3.98 Å². The monoisotopic (exact) mass is 559 g/mol. The van der Waals surface area contributed by atoms with Gasteiger partial charge >= 0.3 is 155 Å². The Labute approximate surface area is 165 Å². The Morgan fingerprint density at radius 3 is 2.38 bits per heavy atom. The summed E-state index contributed by atoms with van der Waals surface area (Å²) in [6, 6.07) is -1.66. The van der Waals surface area contributed by atoms with Crippen molar-refractivity contribution in [2.75, 3.05) is 19.6 Å². The summed E-state index contributed by atoms with van der Waals surface area (Å²) in [5.74, 6) is -2.26. The van der Waals surface area contributed by atoms with Crippen molar-refractivity contribution in [3.05, 3.63) is 12.2 Å². The molecule has 0 aromatic carbocycles. The third-order valence-electron chi connectivity index (χ3n) is 3.40. The molecule has 10 nitrogen and oxygen atoms in total. The van der Waals surface area contributed by atoms with Gasteiger partial charge in [0.1, 0.15) is 6.29 Å². The van der Waals surface area contributed by atoms with Crippen molar-refractivity contribution in [1.29, 1.82) is 0 Å². The molecule has 11 heteroatoms. The van der Waals surface area contributed by atoms with E-state index in [2.05, 4.69) is 16.0 Å². The van der Waals surface area contributed by atoms with E-state index < -0.39 is 29.8 Å². The molecule has 0 spiro atoms. The van der Waals surface area contributed by atoms with Crippen LogP contribution in [-0.2, 0) is 28.8 Å². The molecule has 1 aliphatic heterocycles. The summed E-state index contributed by atoms with van der Waals surface area (Å²) in [7, 11) is 0. The summed E-state index contributed by atoms with van der Waals surface area (Å²) in [5.41, 5.74) is 0. The molecular weight excluding hydrogens is 539 g/mol. The van der Waals surface area contributed by atoms with Crippen LogP contribution in [0.25, 0.3) is 0 Å². The average molecular weight is 559 g/mol. The first-order valence-corrected chi connectivity index (χ1v) is 10.6. The van der Waals surface area contributed by atoms with Gasteiger partial charge in [-0.15, -0.1) is 0 Å². The summed E-state index contributed by atoms with van der Waals surface area (Å²) in [6.07, 6.45) is 3.32. The van der Waals surface area contributed by atoms with Crippen LogP contribution in [0.5, 0.6) is 0 Å². The van der Waals surface area contributed by atoms with Gasteiger partial charge < -0.3 is 4.79 Å². The molecule has 0 fully saturated rings. The van der Waals surface area contributed by atoms with Gasteiger partial charge in [-0.25, -0.2) is 0 Å². The number of nitrogens with zero attached hydrogens (tertiary/aromatic N) is 1. The van der Waals surface area contributed by atoms with Crippen LogP contribution in [0.4, 0.5) is 0 Å². The van der Waals surface area contributed by atoms with Crippen LogP contribution in [0.15, 0.2) is 12.2 Å². The Hall–Kier alpha value is -1.96. The fraction of sp³-hybridized carbons (Fsp3) is 0.467. The SMILES string of the molecule is O=CCNCC(C(=O)NCCC(=O)NC(C=O)[CH2][Pb])N1C(=O)C=CC1=O. The Morgan fingerprint density at radius 1 is 1.19 bits per heavy atom. The van der Waals surface area contributed by atoms with E-state index in [4.69, 9.17) is 0 Å². The fourth-order valence-electron chi connectivity index (χ4n) is 2.13. The second kappa shape index (κ2) is 11.6. The van der Waals surface area contributed by atoms with Crippen LogP contribution in [0.1, 0.15) is 6.42 Å². The minimum atomic E-state index is -1.14. The zero-order valence-electron chi connectivity index (χ0n) is 13.9. The molecule has 139 valence electrons. The van der Waals surface area contributed by atoms with Gasteiger partial charge in [-0.3, -0.25) is 0 Å². The molecule has 4 amide bonds. The molecule has 2 unspecified atom stereocenters. The minimum absolute atomic E-state index is 0.0226. The van der Waals surface area contributed by atoms with Crippen molar-refractivity contribution in [2.24, 2.45) is 0 Å². The number of carbonyl (C=O) groups is 6. The van der Waals surface area contributed by atoms with E-state index in [0.29, 0.717) is 16.6 Å². The maximum absolute atomic E-state index is 12.3. The molecule has 1 aliphatic rings. The number of rotatable bonds is 12. The zero-order chi connectivity index (χ0) is 19.5. The number of amides is 4.